The van der Waals surface area contributed by atoms with E-state index in [1.807, 2.05) is 30.3 Å². The van der Waals surface area contributed by atoms with Gasteiger partial charge in [-0.1, -0.05) is 30.3 Å². The maximum Gasteiger partial charge on any atom is 0.343 e. The number of morpholine rings is 1. The van der Waals surface area contributed by atoms with Crippen molar-refractivity contribution in [3.63, 3.8) is 0 Å². The van der Waals surface area contributed by atoms with E-state index in [-0.39, 0.29) is 28.8 Å². The van der Waals surface area contributed by atoms with Crippen molar-refractivity contribution in [2.24, 2.45) is 0 Å². The van der Waals surface area contributed by atoms with Gasteiger partial charge in [0.15, 0.2) is 17.3 Å². The number of furan rings is 1. The van der Waals surface area contributed by atoms with Crippen LogP contribution < -0.4 is 19.1 Å². The summed E-state index contributed by atoms with van der Waals surface area (Å²) < 4.78 is 33.6. The fourth-order valence-corrected chi connectivity index (χ4v) is 4.68. The molecule has 1 aliphatic rings. The number of esters is 1. The third-order valence-electron chi connectivity index (χ3n) is 6.84. The highest BCUT2D eigenvalue weighted by Gasteiger charge is 2.26. The zero-order valence-electron chi connectivity index (χ0n) is 23.1. The number of ether oxygens (including phenoxy) is 5. The quantitative estimate of drug-likeness (QED) is 0.140. The summed E-state index contributed by atoms with van der Waals surface area (Å²) in [4.78, 5) is 28.3. The minimum Gasteiger partial charge on any atom is -0.493 e. The van der Waals surface area contributed by atoms with Gasteiger partial charge in [-0.2, -0.15) is 0 Å². The van der Waals surface area contributed by atoms with Gasteiger partial charge in [-0.3, -0.25) is 4.79 Å². The van der Waals surface area contributed by atoms with E-state index in [0.29, 0.717) is 30.1 Å². The monoisotopic (exact) mass is 557 g/mol. The predicted octanol–water partition coefficient (Wildman–Crippen LogP) is 5.59. The van der Waals surface area contributed by atoms with Gasteiger partial charge in [-0.05, 0) is 54.1 Å². The maximum absolute atomic E-state index is 13.4. The van der Waals surface area contributed by atoms with Gasteiger partial charge < -0.3 is 33.0 Å². The molecule has 0 saturated carbocycles. The van der Waals surface area contributed by atoms with Gasteiger partial charge in [0.05, 0.1) is 33.0 Å². The molecule has 1 saturated heterocycles. The van der Waals surface area contributed by atoms with Gasteiger partial charge >= 0.3 is 5.97 Å². The number of anilines is 1. The number of hydrogen-bond acceptors (Lipinski definition) is 9. The smallest absolute Gasteiger partial charge is 0.343 e. The highest BCUT2D eigenvalue weighted by molar-refractivity contribution is 5.98. The summed E-state index contributed by atoms with van der Waals surface area (Å²) in [5, 5.41) is 0. The SMILES string of the molecule is COc1cc(-c2ccc(C(=O)C(OC)c3ccc(N4CCOCC4)cc3)o2)cc(OC)c1OC(=O)c1ccccc1. The van der Waals surface area contributed by atoms with Crippen molar-refractivity contribution >= 4 is 17.4 Å². The van der Waals surface area contributed by atoms with E-state index < -0.39 is 12.1 Å². The Morgan fingerprint density at radius 3 is 2.10 bits per heavy atom. The number of carbonyl (C=O) groups is 2. The third-order valence-corrected chi connectivity index (χ3v) is 6.84. The molecule has 212 valence electrons. The van der Waals surface area contributed by atoms with E-state index in [1.165, 1.54) is 21.3 Å². The van der Waals surface area contributed by atoms with Crippen LogP contribution in [0, 0.1) is 0 Å². The summed E-state index contributed by atoms with van der Waals surface area (Å²) in [5.41, 5.74) is 2.75. The average molecular weight is 558 g/mol. The molecule has 3 aromatic carbocycles. The molecular weight excluding hydrogens is 526 g/mol. The van der Waals surface area contributed by atoms with Crippen LogP contribution in [0.25, 0.3) is 11.3 Å². The van der Waals surface area contributed by atoms with Crippen molar-refractivity contribution in [1.82, 2.24) is 0 Å². The molecule has 5 rings (SSSR count). The van der Waals surface area contributed by atoms with Gasteiger partial charge in [-0.15, -0.1) is 0 Å². The normalized spacial score (nSPS) is 13.9. The highest BCUT2D eigenvalue weighted by atomic mass is 16.6. The number of rotatable bonds is 10. The number of hydrogen-bond donors (Lipinski definition) is 0. The molecule has 9 nitrogen and oxygen atoms in total. The Balaban J connectivity index is 1.36. The van der Waals surface area contributed by atoms with E-state index in [0.717, 1.165) is 24.3 Å². The lowest BCUT2D eigenvalue weighted by Gasteiger charge is -2.29. The van der Waals surface area contributed by atoms with Gasteiger partial charge in [-0.25, -0.2) is 4.79 Å². The van der Waals surface area contributed by atoms with E-state index >= 15 is 0 Å². The number of ketones is 1. The maximum atomic E-state index is 13.4. The zero-order valence-corrected chi connectivity index (χ0v) is 23.1. The lowest BCUT2D eigenvalue weighted by molar-refractivity contribution is 0.0577. The molecule has 1 aromatic heterocycles. The summed E-state index contributed by atoms with van der Waals surface area (Å²) in [6, 6.07) is 23.0. The van der Waals surface area contributed by atoms with Crippen molar-refractivity contribution in [1.29, 1.82) is 0 Å². The summed E-state index contributed by atoms with van der Waals surface area (Å²) >= 11 is 0. The van der Waals surface area contributed by atoms with Crippen LogP contribution in [0.4, 0.5) is 5.69 Å². The fraction of sp³-hybridized carbons (Fsp3) is 0.250. The van der Waals surface area contributed by atoms with Crippen molar-refractivity contribution in [3.05, 3.63) is 95.7 Å². The largest absolute Gasteiger partial charge is 0.493 e. The van der Waals surface area contributed by atoms with Crippen LogP contribution in [-0.4, -0.2) is 59.4 Å². The Labute approximate surface area is 238 Å². The van der Waals surface area contributed by atoms with Crippen LogP contribution in [0.3, 0.4) is 0 Å². The molecule has 1 aliphatic heterocycles. The zero-order chi connectivity index (χ0) is 28.8. The number of methoxy groups -OCH3 is 3. The molecule has 1 unspecified atom stereocenters. The number of nitrogens with zero attached hydrogens (tertiary/aromatic N) is 1. The van der Waals surface area contributed by atoms with E-state index in [4.69, 9.17) is 28.1 Å². The summed E-state index contributed by atoms with van der Waals surface area (Å²) in [5.74, 6) is 0.348. The standard InChI is InChI=1S/C32H31NO8/c1-36-27-19-23(20-28(37-2)31(27)41-32(35)22-7-5-4-6-8-22)25-13-14-26(40-25)29(34)30(38-3)21-9-11-24(12-10-21)33-15-17-39-18-16-33/h4-14,19-20,30H,15-18H2,1-3H3. The van der Waals surface area contributed by atoms with E-state index in [9.17, 15) is 9.59 Å². The van der Waals surface area contributed by atoms with E-state index in [2.05, 4.69) is 4.90 Å². The second-order valence-electron chi connectivity index (χ2n) is 9.30. The molecule has 0 N–H and O–H groups in total. The molecule has 0 bridgehead atoms. The topological polar surface area (TPSA) is 96.7 Å². The number of benzene rings is 3. The molecule has 41 heavy (non-hydrogen) atoms. The van der Waals surface area contributed by atoms with Crippen LogP contribution in [0.15, 0.2) is 83.3 Å². The van der Waals surface area contributed by atoms with Crippen molar-refractivity contribution < 1.29 is 37.7 Å². The van der Waals surface area contributed by atoms with Crippen molar-refractivity contribution in [2.75, 3.05) is 52.5 Å². The first-order chi connectivity index (χ1) is 20.0. The summed E-state index contributed by atoms with van der Waals surface area (Å²) in [7, 11) is 4.42. The molecule has 0 radical (unpaired) electrons. The Morgan fingerprint density at radius 1 is 0.829 bits per heavy atom. The average Bonchev–Trinajstić information content (AvgIpc) is 3.53. The molecule has 0 amide bonds. The van der Waals surface area contributed by atoms with Gasteiger partial charge in [0.25, 0.3) is 0 Å². The first-order valence-electron chi connectivity index (χ1n) is 13.2. The van der Waals surface area contributed by atoms with Gasteiger partial charge in [0.1, 0.15) is 11.9 Å². The molecule has 2 heterocycles. The van der Waals surface area contributed by atoms with Crippen LogP contribution in [-0.2, 0) is 9.47 Å². The third kappa shape index (κ3) is 6.11. The van der Waals surface area contributed by atoms with Crippen LogP contribution in [0.2, 0.25) is 0 Å². The second-order valence-corrected chi connectivity index (χ2v) is 9.30. The van der Waals surface area contributed by atoms with Crippen LogP contribution in [0.5, 0.6) is 17.2 Å². The highest BCUT2D eigenvalue weighted by Crippen LogP contribution is 2.42. The Kier molecular flexibility index (Phi) is 8.67. The number of Topliss-reactive ketones (excluding diaryl/α,β-unsaturated/α-hetero) is 1. The Morgan fingerprint density at radius 2 is 1.49 bits per heavy atom. The lowest BCUT2D eigenvalue weighted by atomic mass is 10.0. The second kappa shape index (κ2) is 12.7. The van der Waals surface area contributed by atoms with Crippen molar-refractivity contribution in [2.45, 2.75) is 6.10 Å². The molecular formula is C32H31NO8. The molecule has 0 spiro atoms. The minimum absolute atomic E-state index is 0.135. The van der Waals surface area contributed by atoms with Gasteiger partial charge in [0, 0.05) is 31.5 Å². The molecule has 1 fully saturated rings. The molecule has 1 atom stereocenters. The summed E-state index contributed by atoms with van der Waals surface area (Å²) in [6.45, 7) is 3.04. The van der Waals surface area contributed by atoms with E-state index in [1.54, 1.807) is 48.5 Å². The first kappa shape index (κ1) is 27.9. The Hall–Kier alpha value is -4.60. The number of carbonyl (C=O) groups excluding carboxylic acids is 2. The molecule has 9 heteroatoms. The molecule has 0 aliphatic carbocycles. The van der Waals surface area contributed by atoms with Crippen LogP contribution >= 0.6 is 0 Å². The minimum atomic E-state index is -0.836. The fourth-order valence-electron chi connectivity index (χ4n) is 4.68. The lowest BCUT2D eigenvalue weighted by Crippen LogP contribution is -2.36. The Bertz CT molecular complexity index is 1460. The van der Waals surface area contributed by atoms with Gasteiger partial charge in [0.2, 0.25) is 11.5 Å². The summed E-state index contributed by atoms with van der Waals surface area (Å²) in [6.07, 6.45) is -0.836. The molecule has 4 aromatic rings. The predicted molar refractivity (Wildman–Crippen MR) is 152 cm³/mol. The first-order valence-corrected chi connectivity index (χ1v) is 13.2. The van der Waals surface area contributed by atoms with Crippen LogP contribution in [0.1, 0.15) is 32.6 Å². The van der Waals surface area contributed by atoms with Crippen molar-refractivity contribution in [3.8, 4) is 28.6 Å².